The van der Waals surface area contributed by atoms with Crippen molar-refractivity contribution >= 4 is 34.3 Å². The third kappa shape index (κ3) is 4.58. The first-order chi connectivity index (χ1) is 11.4. The van der Waals surface area contributed by atoms with E-state index in [0.717, 1.165) is 5.39 Å². The molecule has 1 unspecified atom stereocenters. The highest BCUT2D eigenvalue weighted by molar-refractivity contribution is 6.35. The maximum atomic E-state index is 12.0. The molecule has 24 heavy (non-hydrogen) atoms. The monoisotopic (exact) mass is 349 g/mol. The number of ether oxygens (including phenoxy) is 1. The third-order valence-corrected chi connectivity index (χ3v) is 3.75. The van der Waals surface area contributed by atoms with Gasteiger partial charge in [0.25, 0.3) is 5.91 Å². The van der Waals surface area contributed by atoms with E-state index in [-0.39, 0.29) is 12.5 Å². The van der Waals surface area contributed by atoms with Gasteiger partial charge in [-0.1, -0.05) is 25.4 Å². The summed E-state index contributed by atoms with van der Waals surface area (Å²) in [4.78, 5) is 27.7. The number of primary amides is 1. The van der Waals surface area contributed by atoms with Crippen LogP contribution >= 0.6 is 11.6 Å². The number of amides is 2. The zero-order valence-corrected chi connectivity index (χ0v) is 14.3. The Kier molecular flexibility index (Phi) is 5.98. The van der Waals surface area contributed by atoms with Gasteiger partial charge in [-0.05, 0) is 36.6 Å². The molecular weight excluding hydrogens is 330 g/mol. The van der Waals surface area contributed by atoms with E-state index in [0.29, 0.717) is 22.7 Å². The maximum Gasteiger partial charge on any atom is 0.258 e. The molecule has 1 heterocycles. The topological polar surface area (TPSA) is 94.3 Å². The van der Waals surface area contributed by atoms with Crippen LogP contribution in [0.5, 0.6) is 5.75 Å². The molecule has 0 fully saturated rings. The van der Waals surface area contributed by atoms with Crippen LogP contribution in [-0.2, 0) is 9.59 Å². The van der Waals surface area contributed by atoms with Gasteiger partial charge in [-0.3, -0.25) is 14.6 Å². The molecule has 7 heteroatoms. The first kappa shape index (κ1) is 18.0. The van der Waals surface area contributed by atoms with Crippen LogP contribution in [0, 0.1) is 5.92 Å². The second-order valence-electron chi connectivity index (χ2n) is 5.89. The Morgan fingerprint density at radius 3 is 2.75 bits per heavy atom. The SMILES string of the molecule is CC(C)CC(NC(=O)COc1ccc(Cl)c2cccnc12)C(N)=O. The Hall–Kier alpha value is -2.34. The van der Waals surface area contributed by atoms with Crippen molar-refractivity contribution < 1.29 is 14.3 Å². The minimum absolute atomic E-state index is 0.230. The van der Waals surface area contributed by atoms with Gasteiger partial charge < -0.3 is 15.8 Å². The van der Waals surface area contributed by atoms with Crippen molar-refractivity contribution in [2.45, 2.75) is 26.3 Å². The van der Waals surface area contributed by atoms with Crippen LogP contribution in [0.1, 0.15) is 20.3 Å². The second-order valence-corrected chi connectivity index (χ2v) is 6.29. The lowest BCUT2D eigenvalue weighted by molar-refractivity contribution is -0.128. The van der Waals surface area contributed by atoms with Crippen molar-refractivity contribution in [1.29, 1.82) is 0 Å². The van der Waals surface area contributed by atoms with Crippen LogP contribution in [0.4, 0.5) is 0 Å². The number of rotatable bonds is 7. The minimum Gasteiger partial charge on any atom is -0.481 e. The summed E-state index contributed by atoms with van der Waals surface area (Å²) in [7, 11) is 0. The minimum atomic E-state index is -0.707. The van der Waals surface area contributed by atoms with E-state index in [1.165, 1.54) is 0 Å². The number of benzene rings is 1. The van der Waals surface area contributed by atoms with Gasteiger partial charge in [0.2, 0.25) is 5.91 Å². The van der Waals surface area contributed by atoms with Crippen LogP contribution in [0.3, 0.4) is 0 Å². The van der Waals surface area contributed by atoms with Crippen LogP contribution in [0.15, 0.2) is 30.5 Å². The largest absolute Gasteiger partial charge is 0.481 e. The Morgan fingerprint density at radius 1 is 1.33 bits per heavy atom. The predicted molar refractivity (Wildman–Crippen MR) is 92.8 cm³/mol. The van der Waals surface area contributed by atoms with E-state index in [1.54, 1.807) is 24.4 Å². The summed E-state index contributed by atoms with van der Waals surface area (Å²) in [5, 5.41) is 3.89. The molecule has 2 aromatic rings. The number of nitrogens with zero attached hydrogens (tertiary/aromatic N) is 1. The zero-order chi connectivity index (χ0) is 17.7. The quantitative estimate of drug-likeness (QED) is 0.801. The zero-order valence-electron chi connectivity index (χ0n) is 13.6. The van der Waals surface area contributed by atoms with Gasteiger partial charge in [0.05, 0.1) is 5.02 Å². The second kappa shape index (κ2) is 7.97. The van der Waals surface area contributed by atoms with Gasteiger partial charge in [0.1, 0.15) is 17.3 Å². The molecule has 2 rings (SSSR count). The standard InChI is InChI=1S/C17H20ClN3O3/c1-10(2)8-13(17(19)23)21-15(22)9-24-14-6-5-12(18)11-4-3-7-20-16(11)14/h3-7,10,13H,8-9H2,1-2H3,(H2,19,23)(H,21,22). The average Bonchev–Trinajstić information content (AvgIpc) is 2.53. The molecule has 0 aliphatic heterocycles. The Morgan fingerprint density at radius 2 is 2.08 bits per heavy atom. The Balaban J connectivity index is 2.04. The summed E-state index contributed by atoms with van der Waals surface area (Å²) < 4.78 is 5.54. The molecule has 0 radical (unpaired) electrons. The number of aromatic nitrogens is 1. The van der Waals surface area contributed by atoms with E-state index in [4.69, 9.17) is 22.1 Å². The highest BCUT2D eigenvalue weighted by Crippen LogP contribution is 2.29. The van der Waals surface area contributed by atoms with Gasteiger partial charge in [-0.25, -0.2) is 0 Å². The van der Waals surface area contributed by atoms with E-state index in [9.17, 15) is 9.59 Å². The number of hydrogen-bond acceptors (Lipinski definition) is 4. The highest BCUT2D eigenvalue weighted by Gasteiger charge is 2.19. The summed E-state index contributed by atoms with van der Waals surface area (Å²) >= 11 is 6.12. The van der Waals surface area contributed by atoms with Crippen LogP contribution in [0.25, 0.3) is 10.9 Å². The summed E-state index contributed by atoms with van der Waals surface area (Å²) in [5.74, 6) is -0.299. The number of carbonyl (C=O) groups is 2. The molecule has 0 aliphatic rings. The fraction of sp³-hybridized carbons (Fsp3) is 0.353. The van der Waals surface area contributed by atoms with Gasteiger partial charge in [-0.2, -0.15) is 0 Å². The lowest BCUT2D eigenvalue weighted by Crippen LogP contribution is -2.46. The number of nitrogens with two attached hydrogens (primary N) is 1. The molecule has 1 atom stereocenters. The fourth-order valence-corrected chi connectivity index (χ4v) is 2.54. The van der Waals surface area contributed by atoms with Gasteiger partial charge in [-0.15, -0.1) is 0 Å². The predicted octanol–water partition coefficient (Wildman–Crippen LogP) is 2.28. The van der Waals surface area contributed by atoms with Crippen molar-refractivity contribution in [1.82, 2.24) is 10.3 Å². The Labute approximate surface area is 145 Å². The lowest BCUT2D eigenvalue weighted by atomic mass is 10.0. The van der Waals surface area contributed by atoms with Crippen molar-refractivity contribution in [3.63, 3.8) is 0 Å². The van der Waals surface area contributed by atoms with Gasteiger partial charge in [0, 0.05) is 11.6 Å². The molecule has 3 N–H and O–H groups in total. The molecule has 0 bridgehead atoms. The van der Waals surface area contributed by atoms with Gasteiger partial charge in [0.15, 0.2) is 6.61 Å². The molecule has 1 aromatic carbocycles. The molecule has 2 amide bonds. The number of fused-ring (bicyclic) bond motifs is 1. The van der Waals surface area contributed by atoms with Crippen LogP contribution < -0.4 is 15.8 Å². The molecule has 0 saturated carbocycles. The highest BCUT2D eigenvalue weighted by atomic mass is 35.5. The summed E-state index contributed by atoms with van der Waals surface area (Å²) in [6, 6.07) is 6.23. The van der Waals surface area contributed by atoms with Crippen molar-refractivity contribution in [2.24, 2.45) is 11.7 Å². The molecule has 0 spiro atoms. The number of hydrogen-bond donors (Lipinski definition) is 2. The molecule has 0 saturated heterocycles. The smallest absolute Gasteiger partial charge is 0.258 e. The molecular formula is C17H20ClN3O3. The summed E-state index contributed by atoms with van der Waals surface area (Å²) in [6.45, 7) is 3.66. The first-order valence-electron chi connectivity index (χ1n) is 7.63. The Bertz CT molecular complexity index is 749. The fourth-order valence-electron chi connectivity index (χ4n) is 2.33. The van der Waals surface area contributed by atoms with Crippen molar-refractivity contribution in [2.75, 3.05) is 6.61 Å². The lowest BCUT2D eigenvalue weighted by Gasteiger charge is -2.17. The number of carbonyl (C=O) groups excluding carboxylic acids is 2. The first-order valence-corrected chi connectivity index (χ1v) is 8.01. The van der Waals surface area contributed by atoms with E-state index >= 15 is 0 Å². The maximum absolute atomic E-state index is 12.0. The molecule has 6 nitrogen and oxygen atoms in total. The van der Waals surface area contributed by atoms with E-state index in [2.05, 4.69) is 10.3 Å². The molecule has 128 valence electrons. The van der Waals surface area contributed by atoms with Crippen LogP contribution in [-0.4, -0.2) is 29.4 Å². The van der Waals surface area contributed by atoms with Crippen molar-refractivity contribution in [3.8, 4) is 5.75 Å². The van der Waals surface area contributed by atoms with E-state index < -0.39 is 17.9 Å². The van der Waals surface area contributed by atoms with Crippen molar-refractivity contribution in [3.05, 3.63) is 35.5 Å². The number of halogens is 1. The summed E-state index contributed by atoms with van der Waals surface area (Å²) in [5.41, 5.74) is 5.89. The number of nitrogens with one attached hydrogen (secondary N) is 1. The summed E-state index contributed by atoms with van der Waals surface area (Å²) in [6.07, 6.45) is 2.10. The third-order valence-electron chi connectivity index (χ3n) is 3.42. The number of pyridine rings is 1. The average molecular weight is 350 g/mol. The normalized spacial score (nSPS) is 12.2. The molecule has 0 aliphatic carbocycles. The van der Waals surface area contributed by atoms with E-state index in [1.807, 2.05) is 19.9 Å². The molecule has 1 aromatic heterocycles. The van der Waals surface area contributed by atoms with Gasteiger partial charge >= 0.3 is 0 Å². The van der Waals surface area contributed by atoms with Crippen LogP contribution in [0.2, 0.25) is 5.02 Å².